The van der Waals surface area contributed by atoms with Gasteiger partial charge in [-0.05, 0) is 44.9 Å². The van der Waals surface area contributed by atoms with Gasteiger partial charge >= 0.3 is 17.9 Å². The Balaban J connectivity index is 4.31. The van der Waals surface area contributed by atoms with Crippen LogP contribution in [0.15, 0.2) is 12.2 Å². The monoisotopic (exact) mass is 819 g/mol. The molecule has 0 aliphatic rings. The highest BCUT2D eigenvalue weighted by molar-refractivity contribution is 5.71. The van der Waals surface area contributed by atoms with Crippen LogP contribution in [0.5, 0.6) is 0 Å². The van der Waals surface area contributed by atoms with Crippen molar-refractivity contribution in [2.45, 2.75) is 290 Å². The van der Waals surface area contributed by atoms with Gasteiger partial charge in [0.25, 0.3) is 0 Å². The number of carbonyl (C=O) groups is 3. The van der Waals surface area contributed by atoms with Crippen LogP contribution in [-0.2, 0) is 28.6 Å². The normalized spacial score (nSPS) is 12.0. The van der Waals surface area contributed by atoms with Crippen molar-refractivity contribution in [1.29, 1.82) is 0 Å². The maximum absolute atomic E-state index is 12.8. The quantitative estimate of drug-likeness (QED) is 0.0263. The van der Waals surface area contributed by atoms with Crippen LogP contribution >= 0.6 is 0 Å². The van der Waals surface area contributed by atoms with E-state index in [2.05, 4.69) is 32.9 Å². The first-order valence-corrected chi connectivity index (χ1v) is 25.7. The Bertz CT molecular complexity index is 900. The number of unbranched alkanes of at least 4 members (excludes halogenated alkanes) is 34. The summed E-state index contributed by atoms with van der Waals surface area (Å²) in [6.45, 7) is 6.64. The van der Waals surface area contributed by atoms with Crippen LogP contribution in [0.1, 0.15) is 284 Å². The van der Waals surface area contributed by atoms with Crippen molar-refractivity contribution in [3.05, 3.63) is 12.2 Å². The molecule has 0 saturated heterocycles. The van der Waals surface area contributed by atoms with Crippen LogP contribution in [-0.4, -0.2) is 37.2 Å². The molecule has 0 aliphatic heterocycles. The first-order chi connectivity index (χ1) is 28.5. The molecule has 0 aromatic carbocycles. The van der Waals surface area contributed by atoms with Crippen LogP contribution in [0.4, 0.5) is 0 Å². The van der Waals surface area contributed by atoms with Crippen LogP contribution in [0.3, 0.4) is 0 Å². The molecule has 0 bridgehead atoms. The summed E-state index contributed by atoms with van der Waals surface area (Å²) < 4.78 is 16.8. The Morgan fingerprint density at radius 3 is 0.879 bits per heavy atom. The first kappa shape index (κ1) is 56.1. The molecule has 0 fully saturated rings. The molecule has 0 saturated carbocycles. The predicted octanol–water partition coefficient (Wildman–Crippen LogP) is 16.6. The molecule has 0 aliphatic carbocycles. The van der Waals surface area contributed by atoms with Gasteiger partial charge < -0.3 is 14.2 Å². The summed E-state index contributed by atoms with van der Waals surface area (Å²) in [4.78, 5) is 37.9. The maximum atomic E-state index is 12.8. The number of rotatable bonds is 47. The summed E-state index contributed by atoms with van der Waals surface area (Å²) in [5.74, 6) is -0.862. The first-order valence-electron chi connectivity index (χ1n) is 25.7. The zero-order chi connectivity index (χ0) is 42.3. The van der Waals surface area contributed by atoms with Crippen molar-refractivity contribution in [2.75, 3.05) is 13.2 Å². The van der Waals surface area contributed by atoms with Gasteiger partial charge in [0.05, 0.1) is 0 Å². The van der Waals surface area contributed by atoms with Crippen molar-refractivity contribution < 1.29 is 28.6 Å². The molecule has 6 heteroatoms. The number of hydrogen-bond acceptors (Lipinski definition) is 6. The molecule has 342 valence electrons. The highest BCUT2D eigenvalue weighted by Crippen LogP contribution is 2.16. The van der Waals surface area contributed by atoms with E-state index in [0.717, 1.165) is 64.2 Å². The number of carbonyl (C=O) groups excluding carboxylic acids is 3. The van der Waals surface area contributed by atoms with E-state index in [-0.39, 0.29) is 31.1 Å². The third kappa shape index (κ3) is 45.2. The van der Waals surface area contributed by atoms with Crippen LogP contribution in [0.25, 0.3) is 0 Å². The Hall–Kier alpha value is -1.85. The molecule has 0 spiro atoms. The van der Waals surface area contributed by atoms with Crippen molar-refractivity contribution in [3.63, 3.8) is 0 Å². The standard InChI is InChI=1S/C52H98O6/c1-4-7-10-13-16-19-22-24-25-26-28-30-33-36-39-42-45-51(54)57-48-49(47-56-50(53)44-41-38-35-32-29-21-18-15-12-9-6-3)58-52(55)46-43-40-37-34-31-27-23-20-17-14-11-8-5-2/h20,23,49H,4-19,21-22,24-48H2,1-3H3/b23-20-/t49-/m1/s1. The molecule has 0 radical (unpaired) electrons. The van der Waals surface area contributed by atoms with Crippen molar-refractivity contribution in [3.8, 4) is 0 Å². The highest BCUT2D eigenvalue weighted by Gasteiger charge is 2.19. The average Bonchev–Trinajstić information content (AvgIpc) is 3.22. The minimum absolute atomic E-state index is 0.0682. The minimum atomic E-state index is -0.766. The van der Waals surface area contributed by atoms with Gasteiger partial charge in [-0.3, -0.25) is 14.4 Å². The van der Waals surface area contributed by atoms with Gasteiger partial charge in [0.15, 0.2) is 6.10 Å². The number of hydrogen-bond donors (Lipinski definition) is 0. The maximum Gasteiger partial charge on any atom is 0.306 e. The van der Waals surface area contributed by atoms with Crippen molar-refractivity contribution >= 4 is 17.9 Å². The number of ether oxygens (including phenoxy) is 3. The molecule has 0 heterocycles. The second kappa shape index (κ2) is 47.8. The molecule has 0 aromatic rings. The summed E-state index contributed by atoms with van der Waals surface area (Å²) in [5.41, 5.74) is 0. The van der Waals surface area contributed by atoms with E-state index in [1.807, 2.05) is 0 Å². The lowest BCUT2D eigenvalue weighted by Gasteiger charge is -2.18. The van der Waals surface area contributed by atoms with E-state index in [9.17, 15) is 14.4 Å². The minimum Gasteiger partial charge on any atom is -0.462 e. The molecular weight excluding hydrogens is 721 g/mol. The van der Waals surface area contributed by atoms with E-state index in [1.165, 1.54) is 180 Å². The van der Waals surface area contributed by atoms with Gasteiger partial charge in [-0.2, -0.15) is 0 Å². The summed E-state index contributed by atoms with van der Waals surface area (Å²) >= 11 is 0. The molecular formula is C52H98O6. The SMILES string of the molecule is CCCCCC/C=C\CCCCCCCC(=O)O[C@H](COC(=O)CCCCCCCCCCCCC)COC(=O)CCCCCCCCCCCCCCCCCC. The molecule has 0 rings (SSSR count). The van der Waals surface area contributed by atoms with Crippen LogP contribution in [0, 0.1) is 0 Å². The summed E-state index contributed by atoms with van der Waals surface area (Å²) in [6, 6.07) is 0. The van der Waals surface area contributed by atoms with E-state index in [1.54, 1.807) is 0 Å². The molecule has 0 unspecified atom stereocenters. The average molecular weight is 819 g/mol. The summed E-state index contributed by atoms with van der Waals surface area (Å²) in [5, 5.41) is 0. The van der Waals surface area contributed by atoms with Crippen molar-refractivity contribution in [1.82, 2.24) is 0 Å². The smallest absolute Gasteiger partial charge is 0.306 e. The number of esters is 3. The predicted molar refractivity (Wildman–Crippen MR) is 247 cm³/mol. The Kier molecular flexibility index (Phi) is 46.3. The van der Waals surface area contributed by atoms with E-state index in [4.69, 9.17) is 14.2 Å². The Labute approximate surface area is 360 Å². The summed E-state index contributed by atoms with van der Waals surface area (Å²) in [7, 11) is 0. The number of allylic oxidation sites excluding steroid dienone is 2. The van der Waals surface area contributed by atoms with Gasteiger partial charge in [-0.25, -0.2) is 0 Å². The molecule has 58 heavy (non-hydrogen) atoms. The Morgan fingerprint density at radius 1 is 0.328 bits per heavy atom. The molecule has 6 nitrogen and oxygen atoms in total. The van der Waals surface area contributed by atoms with Crippen LogP contribution < -0.4 is 0 Å². The molecule has 0 N–H and O–H groups in total. The summed E-state index contributed by atoms with van der Waals surface area (Å²) in [6.07, 6.45) is 51.9. The zero-order valence-electron chi connectivity index (χ0n) is 39.1. The van der Waals surface area contributed by atoms with Gasteiger partial charge in [0.1, 0.15) is 13.2 Å². The van der Waals surface area contributed by atoms with E-state index >= 15 is 0 Å². The van der Waals surface area contributed by atoms with Crippen LogP contribution in [0.2, 0.25) is 0 Å². The zero-order valence-corrected chi connectivity index (χ0v) is 39.1. The third-order valence-electron chi connectivity index (χ3n) is 11.5. The van der Waals surface area contributed by atoms with Crippen molar-refractivity contribution in [2.24, 2.45) is 0 Å². The highest BCUT2D eigenvalue weighted by atomic mass is 16.6. The third-order valence-corrected chi connectivity index (χ3v) is 11.5. The Morgan fingerprint density at radius 2 is 0.569 bits per heavy atom. The lowest BCUT2D eigenvalue weighted by Crippen LogP contribution is -2.30. The topological polar surface area (TPSA) is 78.9 Å². The lowest BCUT2D eigenvalue weighted by atomic mass is 10.0. The van der Waals surface area contributed by atoms with Gasteiger partial charge in [0.2, 0.25) is 0 Å². The molecule has 1 atom stereocenters. The van der Waals surface area contributed by atoms with E-state index in [0.29, 0.717) is 19.3 Å². The molecule has 0 aromatic heterocycles. The fraction of sp³-hybridized carbons (Fsp3) is 0.904. The van der Waals surface area contributed by atoms with E-state index < -0.39 is 6.10 Å². The largest absolute Gasteiger partial charge is 0.462 e. The van der Waals surface area contributed by atoms with Gasteiger partial charge in [-0.1, -0.05) is 232 Å². The molecule has 0 amide bonds. The fourth-order valence-corrected chi connectivity index (χ4v) is 7.61. The second-order valence-corrected chi connectivity index (χ2v) is 17.4. The second-order valence-electron chi connectivity index (χ2n) is 17.4. The fourth-order valence-electron chi connectivity index (χ4n) is 7.61. The lowest BCUT2D eigenvalue weighted by molar-refractivity contribution is -0.167. The van der Waals surface area contributed by atoms with Gasteiger partial charge in [0, 0.05) is 19.3 Å². The van der Waals surface area contributed by atoms with Gasteiger partial charge in [-0.15, -0.1) is 0 Å².